The lowest BCUT2D eigenvalue weighted by Gasteiger charge is -2.09. The first-order chi connectivity index (χ1) is 11.3. The summed E-state index contributed by atoms with van der Waals surface area (Å²) in [6, 6.07) is 4.11. The predicted octanol–water partition coefficient (Wildman–Crippen LogP) is 1.60. The van der Waals surface area contributed by atoms with Crippen LogP contribution in [-0.2, 0) is 14.6 Å². The Morgan fingerprint density at radius 3 is 2.96 bits per heavy atom. The van der Waals surface area contributed by atoms with E-state index in [-0.39, 0.29) is 34.9 Å². The van der Waals surface area contributed by atoms with Gasteiger partial charge in [0, 0.05) is 18.2 Å². The van der Waals surface area contributed by atoms with Gasteiger partial charge in [-0.3, -0.25) is 14.9 Å². The highest BCUT2D eigenvalue weighted by Gasteiger charge is 2.28. The third-order valence-electron chi connectivity index (χ3n) is 3.49. The third-order valence-corrected chi connectivity index (χ3v) is 7.42. The molecule has 0 bridgehead atoms. The summed E-state index contributed by atoms with van der Waals surface area (Å²) in [5, 5.41) is 13.5. The molecular formula is C13H13N3O5S3. The number of carbonyl (C=O) groups excluding carboxylic acids is 1. The molecule has 3 rings (SSSR count). The van der Waals surface area contributed by atoms with E-state index in [2.05, 4.69) is 10.3 Å². The van der Waals surface area contributed by atoms with Crippen LogP contribution in [0, 0.1) is 10.1 Å². The summed E-state index contributed by atoms with van der Waals surface area (Å²) < 4.78 is 24.1. The zero-order valence-corrected chi connectivity index (χ0v) is 14.7. The first-order valence-corrected chi connectivity index (χ1v) is 10.6. The van der Waals surface area contributed by atoms with Crippen LogP contribution in [0.25, 0.3) is 10.2 Å². The van der Waals surface area contributed by atoms with E-state index < -0.39 is 14.8 Å². The van der Waals surface area contributed by atoms with Crippen LogP contribution in [0.2, 0.25) is 0 Å². The summed E-state index contributed by atoms with van der Waals surface area (Å²) >= 11 is 2.51. The molecule has 1 aromatic carbocycles. The smallest absolute Gasteiger partial charge is 0.270 e. The van der Waals surface area contributed by atoms with Crippen LogP contribution in [0.4, 0.5) is 5.69 Å². The Balaban J connectivity index is 1.59. The minimum atomic E-state index is -3.02. The summed E-state index contributed by atoms with van der Waals surface area (Å²) in [6.45, 7) is 0. The van der Waals surface area contributed by atoms with E-state index in [4.69, 9.17) is 0 Å². The molecule has 1 aliphatic rings. The second kappa shape index (κ2) is 6.65. The van der Waals surface area contributed by atoms with Crippen LogP contribution in [0.5, 0.6) is 0 Å². The molecule has 1 saturated heterocycles. The van der Waals surface area contributed by atoms with Crippen molar-refractivity contribution in [3.05, 3.63) is 28.3 Å². The predicted molar refractivity (Wildman–Crippen MR) is 92.2 cm³/mol. The van der Waals surface area contributed by atoms with Crippen LogP contribution in [0.3, 0.4) is 0 Å². The van der Waals surface area contributed by atoms with Crippen molar-refractivity contribution in [2.24, 2.45) is 0 Å². The number of amides is 1. The number of hydrogen-bond donors (Lipinski definition) is 1. The van der Waals surface area contributed by atoms with Crippen LogP contribution in [0.1, 0.15) is 6.42 Å². The fraction of sp³-hybridized carbons (Fsp3) is 0.385. The first kappa shape index (κ1) is 17.1. The van der Waals surface area contributed by atoms with Crippen molar-refractivity contribution >= 4 is 54.7 Å². The van der Waals surface area contributed by atoms with Gasteiger partial charge in [0.25, 0.3) is 5.69 Å². The molecule has 1 atom stereocenters. The number of thioether (sulfide) groups is 1. The Bertz CT molecular complexity index is 909. The number of nitrogens with zero attached hydrogens (tertiary/aromatic N) is 2. The summed E-state index contributed by atoms with van der Waals surface area (Å²) in [5.74, 6) is -0.0126. The number of carbonyl (C=O) groups is 1. The first-order valence-electron chi connectivity index (χ1n) is 7.00. The molecular weight excluding hydrogens is 374 g/mol. The van der Waals surface area contributed by atoms with Gasteiger partial charge in [-0.2, -0.15) is 0 Å². The zero-order valence-electron chi connectivity index (χ0n) is 12.3. The number of rotatable bonds is 5. The number of non-ortho nitro benzene ring substituents is 1. The molecule has 0 unspecified atom stereocenters. The zero-order chi connectivity index (χ0) is 17.3. The number of fused-ring (bicyclic) bond motifs is 1. The molecule has 1 N–H and O–H groups in total. The Hall–Kier alpha value is -1.72. The van der Waals surface area contributed by atoms with E-state index in [1.807, 2.05) is 0 Å². The minimum absolute atomic E-state index is 0.00267. The number of aromatic nitrogens is 1. The van der Waals surface area contributed by atoms with E-state index in [9.17, 15) is 23.3 Å². The van der Waals surface area contributed by atoms with Crippen molar-refractivity contribution in [3.63, 3.8) is 0 Å². The molecule has 1 aromatic heterocycles. The highest BCUT2D eigenvalue weighted by molar-refractivity contribution is 8.01. The van der Waals surface area contributed by atoms with Gasteiger partial charge in [-0.05, 0) is 12.5 Å². The second-order valence-corrected chi connectivity index (χ2v) is 9.83. The fourth-order valence-electron chi connectivity index (χ4n) is 2.37. The van der Waals surface area contributed by atoms with E-state index in [1.165, 1.54) is 35.2 Å². The molecule has 2 heterocycles. The average molecular weight is 387 g/mol. The summed E-state index contributed by atoms with van der Waals surface area (Å²) in [5.41, 5.74) is 0.651. The third kappa shape index (κ3) is 4.02. The SMILES string of the molecule is O=C(CSc1nc2ccc([N+](=O)[O-])cc2s1)N[C@@H]1CCS(=O)(=O)C1. The topological polar surface area (TPSA) is 119 Å². The summed E-state index contributed by atoms with van der Waals surface area (Å²) in [4.78, 5) is 26.5. The molecule has 2 aromatic rings. The van der Waals surface area contributed by atoms with Gasteiger partial charge in [0.15, 0.2) is 14.2 Å². The van der Waals surface area contributed by atoms with Crippen LogP contribution >= 0.6 is 23.1 Å². The number of nitro benzene ring substituents is 1. The molecule has 0 saturated carbocycles. The maximum Gasteiger partial charge on any atom is 0.270 e. The lowest BCUT2D eigenvalue weighted by atomic mass is 10.3. The van der Waals surface area contributed by atoms with Crippen molar-refractivity contribution in [2.45, 2.75) is 16.8 Å². The molecule has 128 valence electrons. The second-order valence-electron chi connectivity index (χ2n) is 5.35. The van der Waals surface area contributed by atoms with Crippen molar-refractivity contribution in [1.82, 2.24) is 10.3 Å². The van der Waals surface area contributed by atoms with E-state index in [0.717, 1.165) is 0 Å². The summed E-state index contributed by atoms with van der Waals surface area (Å²) in [6.07, 6.45) is 0.448. The van der Waals surface area contributed by atoms with Gasteiger partial charge < -0.3 is 5.32 Å². The average Bonchev–Trinajstić information content (AvgIpc) is 3.06. The monoisotopic (exact) mass is 387 g/mol. The van der Waals surface area contributed by atoms with Gasteiger partial charge in [0.05, 0.1) is 32.4 Å². The number of nitrogens with one attached hydrogen (secondary N) is 1. The number of sulfone groups is 1. The molecule has 0 spiro atoms. The molecule has 1 aliphatic heterocycles. The number of hydrogen-bond acceptors (Lipinski definition) is 8. The maximum atomic E-state index is 11.9. The number of thiazole rings is 1. The quantitative estimate of drug-likeness (QED) is 0.470. The van der Waals surface area contributed by atoms with Gasteiger partial charge in [-0.25, -0.2) is 13.4 Å². The number of benzene rings is 1. The van der Waals surface area contributed by atoms with Crippen LogP contribution in [-0.4, -0.2) is 47.5 Å². The van der Waals surface area contributed by atoms with E-state index in [1.54, 1.807) is 6.07 Å². The Kier molecular flexibility index (Phi) is 4.74. The lowest BCUT2D eigenvalue weighted by Crippen LogP contribution is -2.36. The van der Waals surface area contributed by atoms with E-state index in [0.29, 0.717) is 21.0 Å². The van der Waals surface area contributed by atoms with Gasteiger partial charge in [0.1, 0.15) is 0 Å². The highest BCUT2D eigenvalue weighted by Crippen LogP contribution is 2.31. The Labute approximate surface area is 145 Å². The van der Waals surface area contributed by atoms with Gasteiger partial charge in [-0.15, -0.1) is 11.3 Å². The molecule has 1 amide bonds. The standard InChI is InChI=1S/C13H13N3O5S3/c17-12(14-8-3-4-24(20,21)7-8)6-22-13-15-10-2-1-9(16(18)19)5-11(10)23-13/h1-2,5,8H,3-4,6-7H2,(H,14,17)/t8-/m1/s1. The summed E-state index contributed by atoms with van der Waals surface area (Å²) in [7, 11) is -3.02. The highest BCUT2D eigenvalue weighted by atomic mass is 32.2. The minimum Gasteiger partial charge on any atom is -0.352 e. The molecule has 0 radical (unpaired) electrons. The van der Waals surface area contributed by atoms with Crippen molar-refractivity contribution in [2.75, 3.05) is 17.3 Å². The lowest BCUT2D eigenvalue weighted by molar-refractivity contribution is -0.384. The molecule has 24 heavy (non-hydrogen) atoms. The van der Waals surface area contributed by atoms with E-state index >= 15 is 0 Å². The van der Waals surface area contributed by atoms with Crippen molar-refractivity contribution < 1.29 is 18.1 Å². The molecule has 11 heteroatoms. The van der Waals surface area contributed by atoms with Crippen LogP contribution < -0.4 is 5.32 Å². The number of nitro groups is 1. The van der Waals surface area contributed by atoms with Crippen LogP contribution in [0.15, 0.2) is 22.5 Å². The van der Waals surface area contributed by atoms with Crippen molar-refractivity contribution in [1.29, 1.82) is 0 Å². The normalized spacial score (nSPS) is 19.4. The molecule has 0 aliphatic carbocycles. The van der Waals surface area contributed by atoms with Crippen molar-refractivity contribution in [3.8, 4) is 0 Å². The van der Waals surface area contributed by atoms with Gasteiger partial charge in [0.2, 0.25) is 5.91 Å². The largest absolute Gasteiger partial charge is 0.352 e. The molecule has 8 nitrogen and oxygen atoms in total. The fourth-order valence-corrected chi connectivity index (χ4v) is 5.96. The van der Waals surface area contributed by atoms with Gasteiger partial charge >= 0.3 is 0 Å². The Morgan fingerprint density at radius 1 is 1.50 bits per heavy atom. The Morgan fingerprint density at radius 2 is 2.29 bits per heavy atom. The van der Waals surface area contributed by atoms with Gasteiger partial charge in [-0.1, -0.05) is 11.8 Å². The molecule has 1 fully saturated rings. The maximum absolute atomic E-state index is 11.9.